The number of nitrogens with one attached hydrogen (secondary N) is 1. The van der Waals surface area contributed by atoms with Crippen LogP contribution in [0, 0.1) is 11.8 Å². The van der Waals surface area contributed by atoms with Gasteiger partial charge in [-0.1, -0.05) is 6.42 Å². The van der Waals surface area contributed by atoms with E-state index in [0.717, 1.165) is 43.7 Å². The summed E-state index contributed by atoms with van der Waals surface area (Å²) in [6, 6.07) is 2.07. The highest BCUT2D eigenvalue weighted by atomic mass is 15.2. The van der Waals surface area contributed by atoms with Crippen LogP contribution < -0.4 is 16.0 Å². The second-order valence-corrected chi connectivity index (χ2v) is 5.78. The Balaban J connectivity index is 1.59. The zero-order chi connectivity index (χ0) is 13.1. The molecule has 0 amide bonds. The summed E-state index contributed by atoms with van der Waals surface area (Å²) in [6.07, 6.45) is 6.93. The Morgan fingerprint density at radius 1 is 1.26 bits per heavy atom. The standard InChI is InChI=1S/C14H23N5/c15-7-12-4-5-19(9-12)14-6-13(17-10-18-14)16-8-11-2-1-3-11/h6,10-12H,1-5,7-9,15H2,(H,16,17,18). The van der Waals surface area contributed by atoms with Crippen molar-refractivity contribution >= 4 is 11.6 Å². The van der Waals surface area contributed by atoms with Crippen molar-refractivity contribution in [2.75, 3.05) is 36.4 Å². The van der Waals surface area contributed by atoms with Crippen LogP contribution >= 0.6 is 0 Å². The smallest absolute Gasteiger partial charge is 0.134 e. The summed E-state index contributed by atoms with van der Waals surface area (Å²) in [6.45, 7) is 3.90. The number of rotatable bonds is 5. The van der Waals surface area contributed by atoms with Crippen molar-refractivity contribution in [3.63, 3.8) is 0 Å². The topological polar surface area (TPSA) is 67.1 Å². The minimum Gasteiger partial charge on any atom is -0.370 e. The zero-order valence-electron chi connectivity index (χ0n) is 11.4. The Kier molecular flexibility index (Phi) is 3.82. The number of hydrogen-bond donors (Lipinski definition) is 2. The molecule has 1 saturated heterocycles. The quantitative estimate of drug-likeness (QED) is 0.840. The van der Waals surface area contributed by atoms with Gasteiger partial charge in [0.15, 0.2) is 0 Å². The lowest BCUT2D eigenvalue weighted by Gasteiger charge is -2.25. The van der Waals surface area contributed by atoms with Crippen LogP contribution in [-0.4, -0.2) is 36.1 Å². The maximum Gasteiger partial charge on any atom is 0.134 e. The summed E-state index contributed by atoms with van der Waals surface area (Å²) in [5.74, 6) is 3.43. The molecule has 5 heteroatoms. The number of anilines is 2. The third kappa shape index (κ3) is 2.97. The van der Waals surface area contributed by atoms with Crippen molar-refractivity contribution in [1.82, 2.24) is 9.97 Å². The number of nitrogens with zero attached hydrogens (tertiary/aromatic N) is 3. The highest BCUT2D eigenvalue weighted by Gasteiger charge is 2.22. The largest absolute Gasteiger partial charge is 0.370 e. The van der Waals surface area contributed by atoms with Gasteiger partial charge in [0.1, 0.15) is 18.0 Å². The van der Waals surface area contributed by atoms with Crippen molar-refractivity contribution in [1.29, 1.82) is 0 Å². The van der Waals surface area contributed by atoms with Crippen molar-refractivity contribution in [3.8, 4) is 0 Å². The molecule has 1 saturated carbocycles. The van der Waals surface area contributed by atoms with Gasteiger partial charge in [0, 0.05) is 25.7 Å². The van der Waals surface area contributed by atoms with Crippen LogP contribution in [0.15, 0.2) is 12.4 Å². The summed E-state index contributed by atoms with van der Waals surface area (Å²) >= 11 is 0. The third-order valence-corrected chi connectivity index (χ3v) is 4.39. The highest BCUT2D eigenvalue weighted by molar-refractivity contribution is 5.49. The van der Waals surface area contributed by atoms with Gasteiger partial charge < -0.3 is 16.0 Å². The Labute approximate surface area is 114 Å². The van der Waals surface area contributed by atoms with E-state index >= 15 is 0 Å². The van der Waals surface area contributed by atoms with Crippen LogP contribution in [0.4, 0.5) is 11.6 Å². The van der Waals surface area contributed by atoms with Crippen LogP contribution in [0.1, 0.15) is 25.7 Å². The predicted molar refractivity (Wildman–Crippen MR) is 77.2 cm³/mol. The van der Waals surface area contributed by atoms with E-state index in [2.05, 4.69) is 26.3 Å². The van der Waals surface area contributed by atoms with Crippen LogP contribution in [0.25, 0.3) is 0 Å². The normalized spacial score (nSPS) is 23.4. The zero-order valence-corrected chi connectivity index (χ0v) is 11.4. The van der Waals surface area contributed by atoms with E-state index in [9.17, 15) is 0 Å². The molecule has 1 aromatic rings. The molecule has 19 heavy (non-hydrogen) atoms. The molecule has 1 atom stereocenters. The molecule has 2 aliphatic rings. The number of hydrogen-bond acceptors (Lipinski definition) is 5. The third-order valence-electron chi connectivity index (χ3n) is 4.39. The molecule has 2 heterocycles. The molecule has 0 radical (unpaired) electrons. The summed E-state index contributed by atoms with van der Waals surface area (Å²) in [5.41, 5.74) is 5.73. The summed E-state index contributed by atoms with van der Waals surface area (Å²) in [5, 5.41) is 3.43. The second-order valence-electron chi connectivity index (χ2n) is 5.78. The van der Waals surface area contributed by atoms with Gasteiger partial charge in [-0.05, 0) is 37.6 Å². The van der Waals surface area contributed by atoms with E-state index in [0.29, 0.717) is 5.92 Å². The summed E-state index contributed by atoms with van der Waals surface area (Å²) in [4.78, 5) is 11.0. The minimum absolute atomic E-state index is 0.612. The Bertz CT molecular complexity index is 418. The van der Waals surface area contributed by atoms with E-state index in [1.165, 1.54) is 25.7 Å². The molecule has 0 bridgehead atoms. The maximum absolute atomic E-state index is 5.73. The van der Waals surface area contributed by atoms with Gasteiger partial charge >= 0.3 is 0 Å². The van der Waals surface area contributed by atoms with Gasteiger partial charge in [-0.25, -0.2) is 9.97 Å². The van der Waals surface area contributed by atoms with Crippen molar-refractivity contribution in [3.05, 3.63) is 12.4 Å². The number of nitrogens with two attached hydrogens (primary N) is 1. The van der Waals surface area contributed by atoms with Crippen LogP contribution in [0.3, 0.4) is 0 Å². The Morgan fingerprint density at radius 3 is 2.84 bits per heavy atom. The van der Waals surface area contributed by atoms with Crippen LogP contribution in [0.5, 0.6) is 0 Å². The van der Waals surface area contributed by atoms with E-state index in [1.807, 2.05) is 0 Å². The van der Waals surface area contributed by atoms with E-state index in [4.69, 9.17) is 5.73 Å². The van der Waals surface area contributed by atoms with Crippen LogP contribution in [-0.2, 0) is 0 Å². The van der Waals surface area contributed by atoms with Gasteiger partial charge in [0.25, 0.3) is 0 Å². The SMILES string of the molecule is NCC1CCN(c2cc(NCC3CCC3)ncn2)C1. The molecule has 1 aliphatic heterocycles. The molecular formula is C14H23N5. The average Bonchev–Trinajstić information content (AvgIpc) is 2.86. The fourth-order valence-electron chi connectivity index (χ4n) is 2.80. The van der Waals surface area contributed by atoms with Gasteiger partial charge in [0.2, 0.25) is 0 Å². The predicted octanol–water partition coefficient (Wildman–Crippen LogP) is 1.47. The highest BCUT2D eigenvalue weighted by Crippen LogP contribution is 2.27. The van der Waals surface area contributed by atoms with Gasteiger partial charge in [-0.2, -0.15) is 0 Å². The summed E-state index contributed by atoms with van der Waals surface area (Å²) < 4.78 is 0. The van der Waals surface area contributed by atoms with Gasteiger partial charge in [0.05, 0.1) is 0 Å². The lowest BCUT2D eigenvalue weighted by molar-refractivity contribution is 0.333. The van der Waals surface area contributed by atoms with Crippen LogP contribution in [0.2, 0.25) is 0 Å². The lowest BCUT2D eigenvalue weighted by atomic mass is 9.85. The molecule has 1 unspecified atom stereocenters. The minimum atomic E-state index is 0.612. The second kappa shape index (κ2) is 5.74. The summed E-state index contributed by atoms with van der Waals surface area (Å²) in [7, 11) is 0. The fourth-order valence-corrected chi connectivity index (χ4v) is 2.80. The van der Waals surface area contributed by atoms with Crippen molar-refractivity contribution in [2.24, 2.45) is 17.6 Å². The first-order valence-electron chi connectivity index (χ1n) is 7.36. The molecule has 0 spiro atoms. The monoisotopic (exact) mass is 261 g/mol. The van der Waals surface area contributed by atoms with Gasteiger partial charge in [-0.3, -0.25) is 0 Å². The fraction of sp³-hybridized carbons (Fsp3) is 0.714. The molecule has 5 nitrogen and oxygen atoms in total. The maximum atomic E-state index is 5.73. The molecule has 3 N–H and O–H groups in total. The molecule has 3 rings (SSSR count). The molecular weight excluding hydrogens is 238 g/mol. The Morgan fingerprint density at radius 2 is 2.16 bits per heavy atom. The molecule has 1 aliphatic carbocycles. The first-order chi connectivity index (χ1) is 9.35. The van der Waals surface area contributed by atoms with Crippen molar-refractivity contribution < 1.29 is 0 Å². The molecule has 2 fully saturated rings. The first kappa shape index (κ1) is 12.7. The Hall–Kier alpha value is -1.36. The lowest BCUT2D eigenvalue weighted by Crippen LogP contribution is -2.24. The number of aromatic nitrogens is 2. The average molecular weight is 261 g/mol. The van der Waals surface area contributed by atoms with E-state index < -0.39 is 0 Å². The first-order valence-corrected chi connectivity index (χ1v) is 7.36. The molecule has 0 aromatic carbocycles. The van der Waals surface area contributed by atoms with E-state index in [1.54, 1.807) is 6.33 Å². The molecule has 1 aromatic heterocycles. The molecule has 104 valence electrons. The van der Waals surface area contributed by atoms with E-state index in [-0.39, 0.29) is 0 Å². The van der Waals surface area contributed by atoms with Gasteiger partial charge in [-0.15, -0.1) is 0 Å². The van der Waals surface area contributed by atoms with Crippen molar-refractivity contribution in [2.45, 2.75) is 25.7 Å².